The number of amides is 1. The number of aliphatic hydroxyl groups is 1. The third kappa shape index (κ3) is 6.05. The molecule has 0 bridgehead atoms. The number of para-hydroxylation sites is 1. The van der Waals surface area contributed by atoms with E-state index in [0.29, 0.717) is 26.2 Å². The van der Waals surface area contributed by atoms with Crippen molar-refractivity contribution in [3.8, 4) is 5.75 Å². The van der Waals surface area contributed by atoms with Crippen molar-refractivity contribution in [2.45, 2.75) is 26.1 Å². The lowest BCUT2D eigenvalue weighted by atomic mass is 10.1. The fourth-order valence-electron chi connectivity index (χ4n) is 3.68. The number of hydrogen-bond acceptors (Lipinski definition) is 5. The van der Waals surface area contributed by atoms with E-state index in [9.17, 15) is 9.90 Å². The molecule has 3 rings (SSSR count). The summed E-state index contributed by atoms with van der Waals surface area (Å²) in [6.07, 6.45) is 0.404. The van der Waals surface area contributed by atoms with Gasteiger partial charge in [-0.25, -0.2) is 0 Å². The standard InChI is InChI=1S/C24H32N2O4/c1-3-19-8-10-20(11-9-19)24(28)26-14-12-25(13-15-26)16-22(27)18-30-17-21-6-4-5-7-23(21)29-2/h4-11,22,27H,3,12-18H2,1-2H3. The molecule has 1 saturated heterocycles. The molecule has 162 valence electrons. The highest BCUT2D eigenvalue weighted by molar-refractivity contribution is 5.94. The van der Waals surface area contributed by atoms with Gasteiger partial charge < -0.3 is 19.5 Å². The summed E-state index contributed by atoms with van der Waals surface area (Å²) in [4.78, 5) is 16.8. The van der Waals surface area contributed by atoms with Crippen molar-refractivity contribution in [3.63, 3.8) is 0 Å². The maximum absolute atomic E-state index is 12.7. The number of ether oxygens (including phenoxy) is 2. The van der Waals surface area contributed by atoms with Crippen molar-refractivity contribution >= 4 is 5.91 Å². The number of β-amino-alcohol motifs (C(OH)–C–C–N with tert-alkyl or cyclic N) is 1. The minimum Gasteiger partial charge on any atom is -0.496 e. The summed E-state index contributed by atoms with van der Waals surface area (Å²) in [5.74, 6) is 0.870. The molecular weight excluding hydrogens is 380 g/mol. The van der Waals surface area contributed by atoms with Crippen LogP contribution < -0.4 is 4.74 Å². The van der Waals surface area contributed by atoms with Crippen LogP contribution in [0.1, 0.15) is 28.4 Å². The van der Waals surface area contributed by atoms with Gasteiger partial charge in [0.05, 0.1) is 26.4 Å². The fourth-order valence-corrected chi connectivity index (χ4v) is 3.68. The zero-order valence-corrected chi connectivity index (χ0v) is 17.9. The predicted octanol–water partition coefficient (Wildman–Crippen LogP) is 2.59. The number of aliphatic hydroxyl groups excluding tert-OH is 1. The van der Waals surface area contributed by atoms with E-state index in [-0.39, 0.29) is 12.5 Å². The zero-order valence-electron chi connectivity index (χ0n) is 17.9. The monoisotopic (exact) mass is 412 g/mol. The number of aryl methyl sites for hydroxylation is 1. The number of hydrogen-bond donors (Lipinski definition) is 1. The van der Waals surface area contributed by atoms with Gasteiger partial charge in [0.15, 0.2) is 0 Å². The number of carbonyl (C=O) groups excluding carboxylic acids is 1. The van der Waals surface area contributed by atoms with Crippen LogP contribution in [0.4, 0.5) is 0 Å². The number of carbonyl (C=O) groups is 1. The number of piperazine rings is 1. The first-order valence-electron chi connectivity index (χ1n) is 10.6. The van der Waals surface area contributed by atoms with Gasteiger partial charge in [0.1, 0.15) is 5.75 Å². The average molecular weight is 413 g/mol. The van der Waals surface area contributed by atoms with Gasteiger partial charge in [0.2, 0.25) is 0 Å². The minimum absolute atomic E-state index is 0.0815. The highest BCUT2D eigenvalue weighted by Crippen LogP contribution is 2.18. The molecule has 6 heteroatoms. The summed E-state index contributed by atoms with van der Waals surface area (Å²) in [5.41, 5.74) is 2.94. The van der Waals surface area contributed by atoms with Gasteiger partial charge in [-0.3, -0.25) is 9.69 Å². The Bertz CT molecular complexity index is 801. The van der Waals surface area contributed by atoms with E-state index in [1.54, 1.807) is 7.11 Å². The van der Waals surface area contributed by atoms with Crippen molar-refractivity contribution < 1.29 is 19.4 Å². The maximum atomic E-state index is 12.7. The average Bonchev–Trinajstić information content (AvgIpc) is 2.79. The fraction of sp³-hybridized carbons (Fsp3) is 0.458. The molecule has 1 fully saturated rings. The smallest absolute Gasteiger partial charge is 0.253 e. The first kappa shape index (κ1) is 22.3. The van der Waals surface area contributed by atoms with Gasteiger partial charge in [0.25, 0.3) is 5.91 Å². The molecule has 0 spiro atoms. The SMILES string of the molecule is CCc1ccc(C(=O)N2CCN(CC(O)COCc3ccccc3OC)CC2)cc1. The molecule has 1 atom stereocenters. The second kappa shape index (κ2) is 11.1. The van der Waals surface area contributed by atoms with Crippen LogP contribution in [0, 0.1) is 0 Å². The van der Waals surface area contributed by atoms with Crippen LogP contribution in [0.15, 0.2) is 48.5 Å². The summed E-state index contributed by atoms with van der Waals surface area (Å²) in [5, 5.41) is 10.3. The van der Waals surface area contributed by atoms with Crippen LogP contribution in [-0.2, 0) is 17.8 Å². The van der Waals surface area contributed by atoms with E-state index in [1.807, 2.05) is 53.4 Å². The van der Waals surface area contributed by atoms with Gasteiger partial charge in [-0.05, 0) is 30.2 Å². The lowest BCUT2D eigenvalue weighted by Crippen LogP contribution is -2.50. The van der Waals surface area contributed by atoms with Crippen LogP contribution in [-0.4, -0.2) is 73.4 Å². The van der Waals surface area contributed by atoms with E-state index in [0.717, 1.165) is 36.4 Å². The summed E-state index contributed by atoms with van der Waals surface area (Å²) in [7, 11) is 1.64. The van der Waals surface area contributed by atoms with Crippen LogP contribution in [0.25, 0.3) is 0 Å². The molecule has 1 aliphatic heterocycles. The molecule has 0 aliphatic carbocycles. The topological polar surface area (TPSA) is 62.2 Å². The summed E-state index contributed by atoms with van der Waals surface area (Å²) < 4.78 is 11.0. The first-order valence-corrected chi connectivity index (χ1v) is 10.6. The second-order valence-corrected chi connectivity index (χ2v) is 7.62. The lowest BCUT2D eigenvalue weighted by molar-refractivity contribution is 0.00166. The molecule has 2 aromatic rings. The van der Waals surface area contributed by atoms with E-state index in [4.69, 9.17) is 9.47 Å². The molecule has 6 nitrogen and oxygen atoms in total. The molecule has 0 saturated carbocycles. The Morgan fingerprint density at radius 2 is 1.77 bits per heavy atom. The summed E-state index contributed by atoms with van der Waals surface area (Å²) >= 11 is 0. The van der Waals surface area contributed by atoms with Crippen LogP contribution in [0.2, 0.25) is 0 Å². The molecule has 1 aliphatic rings. The van der Waals surface area contributed by atoms with E-state index < -0.39 is 6.10 Å². The number of nitrogens with zero attached hydrogens (tertiary/aromatic N) is 2. The zero-order chi connectivity index (χ0) is 21.3. The largest absolute Gasteiger partial charge is 0.496 e. The second-order valence-electron chi connectivity index (χ2n) is 7.62. The highest BCUT2D eigenvalue weighted by atomic mass is 16.5. The van der Waals surface area contributed by atoms with Gasteiger partial charge in [0, 0.05) is 43.9 Å². The normalized spacial score (nSPS) is 15.8. The van der Waals surface area contributed by atoms with Crippen molar-refractivity contribution in [2.75, 3.05) is 46.4 Å². The first-order chi connectivity index (χ1) is 14.6. The highest BCUT2D eigenvalue weighted by Gasteiger charge is 2.23. The molecule has 0 aromatic heterocycles. The van der Waals surface area contributed by atoms with E-state index in [1.165, 1.54) is 5.56 Å². The molecule has 1 N–H and O–H groups in total. The third-order valence-corrected chi connectivity index (χ3v) is 5.50. The summed E-state index contributed by atoms with van der Waals surface area (Å²) in [6.45, 7) is 6.16. The summed E-state index contributed by atoms with van der Waals surface area (Å²) in [6, 6.07) is 15.6. The molecule has 0 radical (unpaired) electrons. The maximum Gasteiger partial charge on any atom is 0.253 e. The van der Waals surface area contributed by atoms with E-state index >= 15 is 0 Å². The van der Waals surface area contributed by atoms with E-state index in [2.05, 4.69) is 11.8 Å². The number of methoxy groups -OCH3 is 1. The Hall–Kier alpha value is -2.41. The molecule has 30 heavy (non-hydrogen) atoms. The van der Waals surface area contributed by atoms with Crippen molar-refractivity contribution in [2.24, 2.45) is 0 Å². The van der Waals surface area contributed by atoms with Gasteiger partial charge >= 0.3 is 0 Å². The van der Waals surface area contributed by atoms with Crippen molar-refractivity contribution in [1.29, 1.82) is 0 Å². The Kier molecular flexibility index (Phi) is 8.25. The van der Waals surface area contributed by atoms with Gasteiger partial charge in [-0.15, -0.1) is 0 Å². The minimum atomic E-state index is -0.566. The molecular formula is C24H32N2O4. The third-order valence-electron chi connectivity index (χ3n) is 5.50. The number of benzene rings is 2. The van der Waals surface area contributed by atoms with Gasteiger partial charge in [-0.2, -0.15) is 0 Å². The Morgan fingerprint density at radius 1 is 1.07 bits per heavy atom. The van der Waals surface area contributed by atoms with Crippen LogP contribution >= 0.6 is 0 Å². The van der Waals surface area contributed by atoms with Crippen molar-refractivity contribution in [3.05, 3.63) is 65.2 Å². The molecule has 1 unspecified atom stereocenters. The Morgan fingerprint density at radius 3 is 2.43 bits per heavy atom. The van der Waals surface area contributed by atoms with Crippen LogP contribution in [0.5, 0.6) is 5.75 Å². The molecule has 1 heterocycles. The molecule has 2 aromatic carbocycles. The Balaban J connectivity index is 1.39. The van der Waals surface area contributed by atoms with Gasteiger partial charge in [-0.1, -0.05) is 37.3 Å². The lowest BCUT2D eigenvalue weighted by Gasteiger charge is -2.35. The van der Waals surface area contributed by atoms with Crippen LogP contribution in [0.3, 0.4) is 0 Å². The Labute approximate surface area is 179 Å². The quantitative estimate of drug-likeness (QED) is 0.686. The van der Waals surface area contributed by atoms with Crippen molar-refractivity contribution in [1.82, 2.24) is 9.80 Å². The number of rotatable bonds is 9. The predicted molar refractivity (Wildman–Crippen MR) is 117 cm³/mol. The molecule has 1 amide bonds.